The lowest BCUT2D eigenvalue weighted by Crippen LogP contribution is -1.97. The van der Waals surface area contributed by atoms with Crippen molar-refractivity contribution in [3.63, 3.8) is 0 Å². The third-order valence-corrected chi connectivity index (χ3v) is 1.19. The van der Waals surface area contributed by atoms with Crippen molar-refractivity contribution in [3.05, 3.63) is 12.7 Å². The van der Waals surface area contributed by atoms with Crippen molar-refractivity contribution in [2.45, 2.75) is 32.3 Å². The monoisotopic (exact) mass is 162 g/mol. The molecule has 0 spiro atoms. The van der Waals surface area contributed by atoms with Gasteiger partial charge in [0.2, 0.25) is 0 Å². The third-order valence-electron chi connectivity index (χ3n) is 1.19. The second-order valence-corrected chi connectivity index (χ2v) is 2.24. The maximum atomic E-state index is 9.00. The van der Waals surface area contributed by atoms with E-state index in [-0.39, 0.29) is 0 Å². The number of rotatable bonds is 2. The molecule has 0 aliphatic rings. The van der Waals surface area contributed by atoms with Crippen LogP contribution >= 0.6 is 0 Å². The first-order valence-electron chi connectivity index (χ1n) is 4.03. The molecule has 0 rings (SSSR count). The van der Waals surface area contributed by atoms with Crippen LogP contribution < -0.4 is 0 Å². The summed E-state index contributed by atoms with van der Waals surface area (Å²) >= 11 is 0. The first kappa shape index (κ1) is 10.8. The van der Waals surface area contributed by atoms with E-state index in [1.54, 1.807) is 0 Å². The maximum Gasteiger partial charge on any atom is 0.0827 e. The van der Waals surface area contributed by atoms with Gasteiger partial charge >= 0.3 is 0 Å². The molecule has 0 aromatic heterocycles. The van der Waals surface area contributed by atoms with Crippen LogP contribution in [0.5, 0.6) is 0 Å². The molecular formula is C11H14O. The summed E-state index contributed by atoms with van der Waals surface area (Å²) < 4.78 is 0. The first-order valence-corrected chi connectivity index (χ1v) is 4.03. The maximum absolute atomic E-state index is 9.00. The second-order valence-electron chi connectivity index (χ2n) is 2.24. The molecule has 64 valence electrons. The average Bonchev–Trinajstić information content (AvgIpc) is 2.10. The molecule has 0 aliphatic carbocycles. The summed E-state index contributed by atoms with van der Waals surface area (Å²) in [5.74, 6) is 11.5. The van der Waals surface area contributed by atoms with Crippen LogP contribution in [0.4, 0.5) is 0 Å². The van der Waals surface area contributed by atoms with Crippen LogP contribution in [0, 0.1) is 23.7 Å². The Hall–Kier alpha value is -1.18. The summed E-state index contributed by atoms with van der Waals surface area (Å²) in [6.07, 6.45) is 2.90. The van der Waals surface area contributed by atoms with Gasteiger partial charge in [0.25, 0.3) is 0 Å². The van der Waals surface area contributed by atoms with Gasteiger partial charge < -0.3 is 5.11 Å². The summed E-state index contributed by atoms with van der Waals surface area (Å²) in [7, 11) is 0. The Morgan fingerprint density at radius 3 is 2.58 bits per heavy atom. The Kier molecular flexibility index (Phi) is 7.14. The Balaban J connectivity index is 3.53. The van der Waals surface area contributed by atoms with Crippen molar-refractivity contribution in [3.8, 4) is 23.7 Å². The van der Waals surface area contributed by atoms with Crippen molar-refractivity contribution in [1.82, 2.24) is 0 Å². The fourth-order valence-corrected chi connectivity index (χ4v) is 0.554. The molecule has 1 unspecified atom stereocenters. The topological polar surface area (TPSA) is 20.2 Å². The standard InChI is InChI=1S/C11H14O/c1-3-5-6-7-8-9-10-11(12)4-2/h4,11-12H,2-3,7,10H2,1H3. The summed E-state index contributed by atoms with van der Waals surface area (Å²) in [6.45, 7) is 5.45. The average molecular weight is 162 g/mol. The van der Waals surface area contributed by atoms with E-state index in [0.29, 0.717) is 12.8 Å². The van der Waals surface area contributed by atoms with Crippen molar-refractivity contribution in [2.24, 2.45) is 0 Å². The van der Waals surface area contributed by atoms with Gasteiger partial charge in [-0.05, 0) is 0 Å². The van der Waals surface area contributed by atoms with Gasteiger partial charge in [0.05, 0.1) is 12.5 Å². The highest BCUT2D eigenvalue weighted by molar-refractivity contribution is 5.12. The second kappa shape index (κ2) is 7.92. The fraction of sp³-hybridized carbons (Fsp3) is 0.455. The van der Waals surface area contributed by atoms with Crippen LogP contribution in [0.1, 0.15) is 26.2 Å². The van der Waals surface area contributed by atoms with Gasteiger partial charge in [0, 0.05) is 12.8 Å². The molecule has 0 aromatic carbocycles. The van der Waals surface area contributed by atoms with Crippen molar-refractivity contribution >= 4 is 0 Å². The van der Waals surface area contributed by atoms with E-state index in [4.69, 9.17) is 5.11 Å². The largest absolute Gasteiger partial charge is 0.388 e. The normalized spacial score (nSPS) is 10.2. The molecule has 1 nitrogen and oxygen atoms in total. The SMILES string of the molecule is C=CC(O)CC#CCC#CCC. The molecular weight excluding hydrogens is 148 g/mol. The fourth-order valence-electron chi connectivity index (χ4n) is 0.554. The highest BCUT2D eigenvalue weighted by Crippen LogP contribution is 1.88. The molecule has 0 heterocycles. The van der Waals surface area contributed by atoms with E-state index in [9.17, 15) is 0 Å². The zero-order valence-electron chi connectivity index (χ0n) is 7.43. The number of hydrogen-bond donors (Lipinski definition) is 1. The smallest absolute Gasteiger partial charge is 0.0827 e. The lowest BCUT2D eigenvalue weighted by molar-refractivity contribution is 0.230. The zero-order chi connectivity index (χ0) is 9.23. The molecule has 0 radical (unpaired) electrons. The molecule has 0 amide bonds. The van der Waals surface area contributed by atoms with Crippen LogP contribution in [0.25, 0.3) is 0 Å². The van der Waals surface area contributed by atoms with E-state index in [1.807, 2.05) is 6.92 Å². The van der Waals surface area contributed by atoms with Crippen LogP contribution in [0.3, 0.4) is 0 Å². The van der Waals surface area contributed by atoms with Gasteiger partial charge in [-0.25, -0.2) is 0 Å². The molecule has 1 N–H and O–H groups in total. The van der Waals surface area contributed by atoms with Crippen LogP contribution in [0.15, 0.2) is 12.7 Å². The van der Waals surface area contributed by atoms with Crippen LogP contribution in [0.2, 0.25) is 0 Å². The minimum atomic E-state index is -0.503. The molecule has 0 fully saturated rings. The predicted octanol–water partition coefficient (Wildman–Crippen LogP) is 1.73. The van der Waals surface area contributed by atoms with E-state index >= 15 is 0 Å². The van der Waals surface area contributed by atoms with Crippen molar-refractivity contribution in [2.75, 3.05) is 0 Å². The molecule has 0 saturated carbocycles. The summed E-state index contributed by atoms with van der Waals surface area (Å²) in [6, 6.07) is 0. The van der Waals surface area contributed by atoms with Gasteiger partial charge in [-0.3, -0.25) is 0 Å². The first-order chi connectivity index (χ1) is 5.81. The van der Waals surface area contributed by atoms with Gasteiger partial charge in [-0.15, -0.1) is 12.5 Å². The van der Waals surface area contributed by atoms with E-state index in [2.05, 4.69) is 30.3 Å². The van der Waals surface area contributed by atoms with Gasteiger partial charge in [-0.1, -0.05) is 30.8 Å². The molecule has 0 aromatic rings. The summed E-state index contributed by atoms with van der Waals surface area (Å²) in [4.78, 5) is 0. The predicted molar refractivity (Wildman–Crippen MR) is 51.3 cm³/mol. The van der Waals surface area contributed by atoms with Crippen molar-refractivity contribution < 1.29 is 5.11 Å². The quantitative estimate of drug-likeness (QED) is 0.484. The van der Waals surface area contributed by atoms with E-state index < -0.39 is 6.10 Å². The van der Waals surface area contributed by atoms with E-state index in [0.717, 1.165) is 6.42 Å². The molecule has 0 aliphatic heterocycles. The Morgan fingerprint density at radius 2 is 2.00 bits per heavy atom. The minimum Gasteiger partial charge on any atom is -0.388 e. The van der Waals surface area contributed by atoms with Crippen LogP contribution in [-0.4, -0.2) is 11.2 Å². The third kappa shape index (κ3) is 6.93. The lowest BCUT2D eigenvalue weighted by atomic mass is 10.2. The molecule has 0 bridgehead atoms. The summed E-state index contributed by atoms with van der Waals surface area (Å²) in [5.41, 5.74) is 0. The molecule has 1 heteroatoms. The van der Waals surface area contributed by atoms with Gasteiger partial charge in [0.15, 0.2) is 0 Å². The van der Waals surface area contributed by atoms with Crippen LogP contribution in [-0.2, 0) is 0 Å². The Morgan fingerprint density at radius 1 is 1.33 bits per heavy atom. The Labute approximate surface area is 74.5 Å². The minimum absolute atomic E-state index is 0.456. The zero-order valence-corrected chi connectivity index (χ0v) is 7.43. The molecule has 12 heavy (non-hydrogen) atoms. The number of hydrogen-bond acceptors (Lipinski definition) is 1. The highest BCUT2D eigenvalue weighted by atomic mass is 16.3. The molecule has 0 saturated heterocycles. The lowest BCUT2D eigenvalue weighted by Gasteiger charge is -1.94. The highest BCUT2D eigenvalue weighted by Gasteiger charge is 1.90. The molecule has 1 atom stereocenters. The Bertz CT molecular complexity index is 231. The number of aliphatic hydroxyl groups excluding tert-OH is 1. The van der Waals surface area contributed by atoms with Crippen molar-refractivity contribution in [1.29, 1.82) is 0 Å². The van der Waals surface area contributed by atoms with Gasteiger partial charge in [-0.2, -0.15) is 0 Å². The van der Waals surface area contributed by atoms with E-state index in [1.165, 1.54) is 6.08 Å². The van der Waals surface area contributed by atoms with Gasteiger partial charge in [0.1, 0.15) is 0 Å². The number of aliphatic hydroxyl groups is 1. The summed E-state index contributed by atoms with van der Waals surface area (Å²) in [5, 5.41) is 9.00.